The maximum Gasteiger partial charge on any atom is 0.336 e. The average Bonchev–Trinajstić information content (AvgIpc) is 3.03. The summed E-state index contributed by atoms with van der Waals surface area (Å²) in [6.07, 6.45) is 2.22. The molecule has 1 atom stereocenters. The van der Waals surface area contributed by atoms with Crippen molar-refractivity contribution in [3.63, 3.8) is 0 Å². The highest BCUT2D eigenvalue weighted by atomic mass is 16.4. The number of rotatable bonds is 3. The number of benzene rings is 2. The van der Waals surface area contributed by atoms with Crippen LogP contribution in [0.3, 0.4) is 0 Å². The highest BCUT2D eigenvalue weighted by Crippen LogP contribution is 2.34. The fourth-order valence-electron chi connectivity index (χ4n) is 3.78. The van der Waals surface area contributed by atoms with Gasteiger partial charge < -0.3 is 9.52 Å². The van der Waals surface area contributed by atoms with Crippen LogP contribution in [0.15, 0.2) is 57.7 Å². The molecule has 0 aliphatic carbocycles. The molecule has 1 fully saturated rings. The van der Waals surface area contributed by atoms with Crippen molar-refractivity contribution >= 4 is 11.0 Å². The lowest BCUT2D eigenvalue weighted by Crippen LogP contribution is -2.23. The largest absolute Gasteiger partial charge is 0.508 e. The van der Waals surface area contributed by atoms with Crippen molar-refractivity contribution < 1.29 is 9.52 Å². The van der Waals surface area contributed by atoms with Crippen LogP contribution in [0.1, 0.15) is 35.6 Å². The van der Waals surface area contributed by atoms with Gasteiger partial charge >= 0.3 is 5.63 Å². The van der Waals surface area contributed by atoms with Gasteiger partial charge in [0.15, 0.2) is 0 Å². The number of aromatic hydroxyl groups is 1. The van der Waals surface area contributed by atoms with Crippen molar-refractivity contribution in [2.24, 2.45) is 0 Å². The second-order valence-electron chi connectivity index (χ2n) is 6.81. The molecule has 0 spiro atoms. The summed E-state index contributed by atoms with van der Waals surface area (Å²) in [5, 5.41) is 10.5. The molecule has 25 heavy (non-hydrogen) atoms. The molecule has 0 saturated carbocycles. The number of nitrogens with zero attached hydrogens (tertiary/aromatic N) is 1. The van der Waals surface area contributed by atoms with Crippen LogP contribution in [-0.4, -0.2) is 16.6 Å². The maximum atomic E-state index is 12.0. The molecule has 128 valence electrons. The first kappa shape index (κ1) is 15.9. The van der Waals surface area contributed by atoms with Gasteiger partial charge in [-0.1, -0.05) is 24.3 Å². The van der Waals surface area contributed by atoms with Crippen molar-refractivity contribution in [1.29, 1.82) is 0 Å². The predicted molar refractivity (Wildman–Crippen MR) is 97.7 cm³/mol. The van der Waals surface area contributed by atoms with Crippen molar-refractivity contribution in [3.05, 3.63) is 75.6 Å². The van der Waals surface area contributed by atoms with Crippen molar-refractivity contribution in [1.82, 2.24) is 4.90 Å². The van der Waals surface area contributed by atoms with Gasteiger partial charge in [-0.05, 0) is 61.2 Å². The third kappa shape index (κ3) is 3.17. The summed E-state index contributed by atoms with van der Waals surface area (Å²) in [7, 11) is 0. The Balaban J connectivity index is 1.68. The minimum Gasteiger partial charge on any atom is -0.508 e. The number of fused-ring (bicyclic) bond motifs is 1. The summed E-state index contributed by atoms with van der Waals surface area (Å²) in [4.78, 5) is 14.4. The Labute approximate surface area is 146 Å². The van der Waals surface area contributed by atoms with Gasteiger partial charge in [0.1, 0.15) is 11.3 Å². The van der Waals surface area contributed by atoms with Gasteiger partial charge in [-0.15, -0.1) is 0 Å². The maximum absolute atomic E-state index is 12.0. The van der Waals surface area contributed by atoms with Crippen molar-refractivity contribution in [2.45, 2.75) is 32.4 Å². The lowest BCUT2D eigenvalue weighted by atomic mass is 10.0. The van der Waals surface area contributed by atoms with Crippen LogP contribution in [-0.2, 0) is 6.54 Å². The van der Waals surface area contributed by atoms with Crippen LogP contribution in [0.2, 0.25) is 0 Å². The molecule has 1 aliphatic rings. The number of hydrogen-bond acceptors (Lipinski definition) is 4. The van der Waals surface area contributed by atoms with Gasteiger partial charge in [-0.25, -0.2) is 4.79 Å². The fraction of sp³-hybridized carbons (Fsp3) is 0.286. The Hall–Kier alpha value is -2.59. The molecule has 1 aliphatic heterocycles. The summed E-state index contributed by atoms with van der Waals surface area (Å²) in [6, 6.07) is 15.4. The van der Waals surface area contributed by atoms with Crippen molar-refractivity contribution in [2.75, 3.05) is 6.54 Å². The average molecular weight is 335 g/mol. The third-order valence-corrected chi connectivity index (χ3v) is 5.00. The van der Waals surface area contributed by atoms with Gasteiger partial charge in [-0.3, -0.25) is 4.90 Å². The van der Waals surface area contributed by atoms with E-state index >= 15 is 0 Å². The molecular weight excluding hydrogens is 314 g/mol. The minimum atomic E-state index is -0.298. The molecule has 0 radical (unpaired) electrons. The molecule has 2 heterocycles. The number of hydrogen-bond donors (Lipinski definition) is 1. The summed E-state index contributed by atoms with van der Waals surface area (Å²) in [6.45, 7) is 3.71. The quantitative estimate of drug-likeness (QED) is 0.731. The van der Waals surface area contributed by atoms with E-state index in [1.165, 1.54) is 5.56 Å². The van der Waals surface area contributed by atoms with Crippen LogP contribution in [0.4, 0.5) is 0 Å². The molecule has 1 saturated heterocycles. The van der Waals surface area contributed by atoms with Crippen LogP contribution in [0, 0.1) is 6.92 Å². The molecule has 1 aromatic heterocycles. The zero-order valence-corrected chi connectivity index (χ0v) is 14.2. The molecule has 4 rings (SSSR count). The van der Waals surface area contributed by atoms with Crippen LogP contribution < -0.4 is 5.63 Å². The minimum absolute atomic E-state index is 0.287. The highest BCUT2D eigenvalue weighted by molar-refractivity contribution is 5.80. The molecule has 2 aromatic carbocycles. The summed E-state index contributed by atoms with van der Waals surface area (Å²) < 4.78 is 5.37. The van der Waals surface area contributed by atoms with E-state index < -0.39 is 0 Å². The monoisotopic (exact) mass is 335 g/mol. The normalized spacial score (nSPS) is 18.0. The van der Waals surface area contributed by atoms with E-state index in [4.69, 9.17) is 4.42 Å². The third-order valence-electron chi connectivity index (χ3n) is 5.00. The van der Waals surface area contributed by atoms with E-state index in [-0.39, 0.29) is 11.4 Å². The van der Waals surface area contributed by atoms with E-state index in [9.17, 15) is 9.90 Å². The van der Waals surface area contributed by atoms with E-state index in [1.807, 2.05) is 37.3 Å². The number of phenols is 1. The van der Waals surface area contributed by atoms with Crippen LogP contribution >= 0.6 is 0 Å². The number of phenolic OH excluding ortho intramolecular Hbond substituents is 1. The first-order chi connectivity index (χ1) is 12.1. The van der Waals surface area contributed by atoms with Crippen LogP contribution in [0.25, 0.3) is 11.0 Å². The molecule has 0 bridgehead atoms. The molecule has 4 heteroatoms. The zero-order chi connectivity index (χ0) is 17.4. The van der Waals surface area contributed by atoms with E-state index in [0.717, 1.165) is 42.4 Å². The summed E-state index contributed by atoms with van der Waals surface area (Å²) >= 11 is 0. The van der Waals surface area contributed by atoms with Crippen LogP contribution in [0.5, 0.6) is 5.75 Å². The smallest absolute Gasteiger partial charge is 0.336 e. The predicted octanol–water partition coefficient (Wildman–Crippen LogP) is 4.14. The molecule has 3 aromatic rings. The number of likely N-dealkylation sites (tertiary alicyclic amines) is 1. The Morgan fingerprint density at radius 3 is 2.76 bits per heavy atom. The Kier molecular flexibility index (Phi) is 4.06. The zero-order valence-electron chi connectivity index (χ0n) is 14.2. The fourth-order valence-corrected chi connectivity index (χ4v) is 3.78. The van der Waals surface area contributed by atoms with Crippen molar-refractivity contribution in [3.8, 4) is 5.75 Å². The lowest BCUT2D eigenvalue weighted by Gasteiger charge is -2.25. The first-order valence-corrected chi connectivity index (χ1v) is 8.66. The topological polar surface area (TPSA) is 53.7 Å². The Bertz CT molecular complexity index is 959. The lowest BCUT2D eigenvalue weighted by molar-refractivity contribution is 0.249. The second kappa shape index (κ2) is 6.37. The van der Waals surface area contributed by atoms with E-state index in [1.54, 1.807) is 18.2 Å². The van der Waals surface area contributed by atoms with E-state index in [0.29, 0.717) is 11.6 Å². The van der Waals surface area contributed by atoms with E-state index in [2.05, 4.69) is 4.90 Å². The van der Waals surface area contributed by atoms with Gasteiger partial charge in [0, 0.05) is 24.0 Å². The standard InChI is InChI=1S/C21H21NO3/c1-14-4-9-18-16(12-21(24)25-20(18)11-14)13-22-10-2-3-19(22)15-5-7-17(23)8-6-15/h4-9,11-12,19,23H,2-3,10,13H2,1H3/t19-/m1/s1. The van der Waals surface area contributed by atoms with Gasteiger partial charge in [0.05, 0.1) is 0 Å². The molecule has 0 amide bonds. The summed E-state index contributed by atoms with van der Waals surface area (Å²) in [5.41, 5.74) is 3.66. The summed E-state index contributed by atoms with van der Waals surface area (Å²) in [5.74, 6) is 0.287. The molecule has 1 N–H and O–H groups in total. The van der Waals surface area contributed by atoms with Gasteiger partial charge in [-0.2, -0.15) is 0 Å². The molecule has 4 nitrogen and oxygen atoms in total. The van der Waals surface area contributed by atoms with Gasteiger partial charge in [0.25, 0.3) is 0 Å². The first-order valence-electron chi connectivity index (χ1n) is 8.66. The SMILES string of the molecule is Cc1ccc2c(CN3CCC[C@@H]3c3ccc(O)cc3)cc(=O)oc2c1. The number of aryl methyl sites for hydroxylation is 1. The Morgan fingerprint density at radius 2 is 1.96 bits per heavy atom. The van der Waals surface area contributed by atoms with Gasteiger partial charge in [0.2, 0.25) is 0 Å². The molecular formula is C21H21NO3. The second-order valence-corrected chi connectivity index (χ2v) is 6.81. The molecule has 0 unspecified atom stereocenters. The Morgan fingerprint density at radius 1 is 1.16 bits per heavy atom. The highest BCUT2D eigenvalue weighted by Gasteiger charge is 2.26.